The van der Waals surface area contributed by atoms with Crippen molar-refractivity contribution in [3.63, 3.8) is 0 Å². The summed E-state index contributed by atoms with van der Waals surface area (Å²) in [4.78, 5) is 15.3. The number of para-hydroxylation sites is 1. The summed E-state index contributed by atoms with van der Waals surface area (Å²) in [5.41, 5.74) is 2.87. The number of fused-ring (bicyclic) bond motifs is 1. The van der Waals surface area contributed by atoms with Crippen molar-refractivity contribution in [2.75, 3.05) is 36.9 Å². The van der Waals surface area contributed by atoms with E-state index in [0.717, 1.165) is 22.7 Å². The zero-order chi connectivity index (χ0) is 21.8. The molecule has 3 aromatic carbocycles. The first kappa shape index (κ1) is 20.9. The molecule has 1 atom stereocenters. The Bertz CT molecular complexity index is 1050. The number of benzene rings is 3. The number of alkyl halides is 1. The molecule has 1 aliphatic rings. The molecule has 7 heteroatoms. The highest BCUT2D eigenvalue weighted by Crippen LogP contribution is 2.41. The van der Waals surface area contributed by atoms with E-state index in [9.17, 15) is 4.79 Å². The zero-order valence-corrected chi connectivity index (χ0v) is 18.1. The number of hydrogen-bond donors (Lipinski definition) is 1. The van der Waals surface area contributed by atoms with Crippen molar-refractivity contribution in [3.05, 3.63) is 77.9 Å². The predicted octanol–water partition coefficient (Wildman–Crippen LogP) is 5.09. The maximum absolute atomic E-state index is 13.6. The molecule has 0 unspecified atom stereocenters. The molecule has 1 amide bonds. The van der Waals surface area contributed by atoms with Crippen molar-refractivity contribution in [1.29, 1.82) is 0 Å². The SMILES string of the molecule is COc1ccc(N2C(=O)c3cccc(OC)c3N[C@H]2c2ccc(OCCCl)cc2)cc1. The molecule has 1 heterocycles. The van der Waals surface area contributed by atoms with Crippen molar-refractivity contribution < 1.29 is 19.0 Å². The van der Waals surface area contributed by atoms with Gasteiger partial charge >= 0.3 is 0 Å². The molecule has 31 heavy (non-hydrogen) atoms. The standard InChI is InChI=1S/C24H23ClN2O4/c1-29-18-12-8-17(9-13-18)27-23(16-6-10-19(11-7-16)31-15-14-25)26-22-20(24(27)28)4-3-5-21(22)30-2/h3-13,23,26H,14-15H2,1-2H3/t23-/m1/s1. The molecular formula is C24H23ClN2O4. The lowest BCUT2D eigenvalue weighted by Crippen LogP contribution is -2.43. The van der Waals surface area contributed by atoms with E-state index in [2.05, 4.69) is 5.32 Å². The van der Waals surface area contributed by atoms with Gasteiger partial charge in [0.15, 0.2) is 0 Å². The minimum Gasteiger partial charge on any atom is -0.497 e. The lowest BCUT2D eigenvalue weighted by Gasteiger charge is -2.38. The van der Waals surface area contributed by atoms with Crippen LogP contribution in [0.3, 0.4) is 0 Å². The van der Waals surface area contributed by atoms with Crippen molar-refractivity contribution in [2.45, 2.75) is 6.17 Å². The number of nitrogens with one attached hydrogen (secondary N) is 1. The molecule has 1 aliphatic heterocycles. The predicted molar refractivity (Wildman–Crippen MR) is 122 cm³/mol. The molecule has 4 rings (SSSR count). The summed E-state index contributed by atoms with van der Waals surface area (Å²) >= 11 is 5.71. The van der Waals surface area contributed by atoms with Gasteiger partial charge in [0.1, 0.15) is 30.0 Å². The molecule has 1 N–H and O–H groups in total. The normalized spacial score (nSPS) is 15.1. The maximum atomic E-state index is 13.6. The summed E-state index contributed by atoms with van der Waals surface area (Å²) in [7, 11) is 3.21. The summed E-state index contributed by atoms with van der Waals surface area (Å²) < 4.78 is 16.3. The summed E-state index contributed by atoms with van der Waals surface area (Å²) in [5.74, 6) is 2.36. The van der Waals surface area contributed by atoms with Crippen LogP contribution in [0.25, 0.3) is 0 Å². The molecule has 160 valence electrons. The Morgan fingerprint density at radius 2 is 1.65 bits per heavy atom. The van der Waals surface area contributed by atoms with Gasteiger partial charge in [0.25, 0.3) is 5.91 Å². The zero-order valence-electron chi connectivity index (χ0n) is 17.3. The van der Waals surface area contributed by atoms with E-state index >= 15 is 0 Å². The summed E-state index contributed by atoms with van der Waals surface area (Å²) in [6, 6.07) is 20.5. The number of ether oxygens (including phenoxy) is 3. The lowest BCUT2D eigenvalue weighted by atomic mass is 10.0. The number of carbonyl (C=O) groups is 1. The van der Waals surface area contributed by atoms with E-state index in [4.69, 9.17) is 25.8 Å². The van der Waals surface area contributed by atoms with Gasteiger partial charge in [0.2, 0.25) is 0 Å². The highest BCUT2D eigenvalue weighted by molar-refractivity contribution is 6.18. The number of hydrogen-bond acceptors (Lipinski definition) is 5. The molecular weight excluding hydrogens is 416 g/mol. The Balaban J connectivity index is 1.77. The molecule has 0 aromatic heterocycles. The van der Waals surface area contributed by atoms with Crippen LogP contribution in [0.15, 0.2) is 66.7 Å². The number of anilines is 2. The highest BCUT2D eigenvalue weighted by atomic mass is 35.5. The van der Waals surface area contributed by atoms with Gasteiger partial charge in [0.05, 0.1) is 31.4 Å². The number of carbonyl (C=O) groups excluding carboxylic acids is 1. The van der Waals surface area contributed by atoms with Crippen molar-refractivity contribution in [1.82, 2.24) is 0 Å². The molecule has 6 nitrogen and oxygen atoms in total. The van der Waals surface area contributed by atoms with Crippen LogP contribution in [0.5, 0.6) is 17.2 Å². The first-order valence-corrected chi connectivity index (χ1v) is 10.4. The van der Waals surface area contributed by atoms with Crippen LogP contribution < -0.4 is 24.4 Å². The van der Waals surface area contributed by atoms with Crippen molar-refractivity contribution in [3.8, 4) is 17.2 Å². The van der Waals surface area contributed by atoms with Gasteiger partial charge in [-0.2, -0.15) is 0 Å². The van der Waals surface area contributed by atoms with E-state index in [1.54, 1.807) is 25.2 Å². The lowest BCUT2D eigenvalue weighted by molar-refractivity contribution is 0.0974. The molecule has 0 spiro atoms. The van der Waals surface area contributed by atoms with Gasteiger partial charge in [-0.15, -0.1) is 11.6 Å². The first-order chi connectivity index (χ1) is 15.2. The largest absolute Gasteiger partial charge is 0.497 e. The minimum atomic E-state index is -0.438. The Hall–Kier alpha value is -3.38. The molecule has 0 fully saturated rings. The van der Waals surface area contributed by atoms with Crippen LogP contribution >= 0.6 is 11.6 Å². The van der Waals surface area contributed by atoms with Crippen LogP contribution in [-0.4, -0.2) is 32.6 Å². The van der Waals surface area contributed by atoms with Crippen LogP contribution in [-0.2, 0) is 0 Å². The van der Waals surface area contributed by atoms with E-state index in [1.165, 1.54) is 0 Å². The van der Waals surface area contributed by atoms with Gasteiger partial charge in [-0.05, 0) is 54.1 Å². The van der Waals surface area contributed by atoms with E-state index in [1.807, 2.05) is 60.7 Å². The Labute approximate surface area is 186 Å². The van der Waals surface area contributed by atoms with Gasteiger partial charge in [-0.1, -0.05) is 18.2 Å². The third-order valence-corrected chi connectivity index (χ3v) is 5.28. The fraction of sp³-hybridized carbons (Fsp3) is 0.208. The number of nitrogens with zero attached hydrogens (tertiary/aromatic N) is 1. The smallest absolute Gasteiger partial charge is 0.262 e. The number of methoxy groups -OCH3 is 2. The fourth-order valence-electron chi connectivity index (χ4n) is 3.62. The molecule has 0 saturated heterocycles. The van der Waals surface area contributed by atoms with Crippen LogP contribution in [0.1, 0.15) is 22.1 Å². The van der Waals surface area contributed by atoms with Crippen LogP contribution in [0, 0.1) is 0 Å². The van der Waals surface area contributed by atoms with Crippen molar-refractivity contribution >= 4 is 28.9 Å². The summed E-state index contributed by atoms with van der Waals surface area (Å²) in [5, 5.41) is 3.49. The first-order valence-electron chi connectivity index (χ1n) is 9.86. The summed E-state index contributed by atoms with van der Waals surface area (Å²) in [6.45, 7) is 0.434. The van der Waals surface area contributed by atoms with Crippen LogP contribution in [0.2, 0.25) is 0 Å². The van der Waals surface area contributed by atoms with Gasteiger partial charge in [-0.25, -0.2) is 0 Å². The quantitative estimate of drug-likeness (QED) is 0.520. The maximum Gasteiger partial charge on any atom is 0.262 e. The second kappa shape index (κ2) is 9.18. The Morgan fingerprint density at radius 1 is 0.935 bits per heavy atom. The Kier molecular flexibility index (Phi) is 6.18. The second-order valence-corrected chi connectivity index (χ2v) is 7.29. The molecule has 0 aliphatic carbocycles. The van der Waals surface area contributed by atoms with Gasteiger partial charge < -0.3 is 19.5 Å². The number of halogens is 1. The summed E-state index contributed by atoms with van der Waals surface area (Å²) in [6.07, 6.45) is -0.438. The number of amides is 1. The van der Waals surface area contributed by atoms with Crippen molar-refractivity contribution in [2.24, 2.45) is 0 Å². The van der Waals surface area contributed by atoms with E-state index < -0.39 is 6.17 Å². The van der Waals surface area contributed by atoms with Gasteiger partial charge in [0, 0.05) is 5.69 Å². The fourth-order valence-corrected chi connectivity index (χ4v) is 3.70. The molecule has 3 aromatic rings. The Morgan fingerprint density at radius 3 is 2.29 bits per heavy atom. The molecule has 0 saturated carbocycles. The van der Waals surface area contributed by atoms with Crippen LogP contribution in [0.4, 0.5) is 11.4 Å². The topological polar surface area (TPSA) is 60.0 Å². The van der Waals surface area contributed by atoms with E-state index in [0.29, 0.717) is 29.5 Å². The minimum absolute atomic E-state index is 0.120. The average molecular weight is 439 g/mol. The average Bonchev–Trinajstić information content (AvgIpc) is 2.83. The number of rotatable bonds is 7. The third-order valence-electron chi connectivity index (χ3n) is 5.13. The highest BCUT2D eigenvalue weighted by Gasteiger charge is 2.35. The van der Waals surface area contributed by atoms with E-state index in [-0.39, 0.29) is 5.91 Å². The third kappa shape index (κ3) is 4.11. The molecule has 0 radical (unpaired) electrons. The van der Waals surface area contributed by atoms with Gasteiger partial charge in [-0.3, -0.25) is 9.69 Å². The monoisotopic (exact) mass is 438 g/mol. The second-order valence-electron chi connectivity index (χ2n) is 6.91. The molecule has 0 bridgehead atoms.